The predicted molar refractivity (Wildman–Crippen MR) is 69.1 cm³/mol. The van der Waals surface area contributed by atoms with E-state index in [-0.39, 0.29) is 11.1 Å². The minimum Gasteiger partial charge on any atom is -0.471 e. The minimum atomic E-state index is -0.551. The molecule has 19 heavy (non-hydrogen) atoms. The maximum atomic E-state index is 11.7. The van der Waals surface area contributed by atoms with Gasteiger partial charge in [0, 0.05) is 0 Å². The molecule has 0 spiro atoms. The van der Waals surface area contributed by atoms with Crippen LogP contribution in [0.25, 0.3) is 0 Å². The summed E-state index contributed by atoms with van der Waals surface area (Å²) in [5, 5.41) is 0. The van der Waals surface area contributed by atoms with Crippen molar-refractivity contribution in [1.29, 1.82) is 0 Å². The molecule has 0 aliphatic rings. The fourth-order valence-electron chi connectivity index (χ4n) is 1.39. The number of hydrogen-bond acceptors (Lipinski definition) is 5. The summed E-state index contributed by atoms with van der Waals surface area (Å²) >= 11 is 0. The zero-order valence-electron chi connectivity index (χ0n) is 11.4. The van der Waals surface area contributed by atoms with Gasteiger partial charge in [-0.2, -0.15) is 0 Å². The molecule has 1 rings (SSSR count). The van der Waals surface area contributed by atoms with Gasteiger partial charge < -0.3 is 13.9 Å². The van der Waals surface area contributed by atoms with Gasteiger partial charge >= 0.3 is 11.9 Å². The quantitative estimate of drug-likeness (QED) is 0.535. The highest BCUT2D eigenvalue weighted by Crippen LogP contribution is 2.14. The Bertz CT molecular complexity index is 371. The lowest BCUT2D eigenvalue weighted by molar-refractivity contribution is 0.0454. The lowest BCUT2D eigenvalue weighted by Crippen LogP contribution is -2.13. The number of hydrogen-bond donors (Lipinski definition) is 0. The standard InChI is InChI=1S/C14H20O5/c1-3-5-7-18-13(15)11-9-17-10-12(11)14(16)19-8-6-4-2/h9-10H,3-8H2,1-2H3. The van der Waals surface area contributed by atoms with Crippen molar-refractivity contribution < 1.29 is 23.5 Å². The Kier molecular flexibility index (Phi) is 6.71. The Morgan fingerprint density at radius 1 is 0.947 bits per heavy atom. The van der Waals surface area contributed by atoms with Crippen LogP contribution in [0.2, 0.25) is 0 Å². The van der Waals surface area contributed by atoms with Gasteiger partial charge in [-0.05, 0) is 12.8 Å². The van der Waals surface area contributed by atoms with Gasteiger partial charge in [-0.3, -0.25) is 0 Å². The first kappa shape index (κ1) is 15.3. The van der Waals surface area contributed by atoms with Crippen LogP contribution in [0.1, 0.15) is 60.2 Å². The molecule has 0 N–H and O–H groups in total. The third kappa shape index (κ3) is 4.77. The van der Waals surface area contributed by atoms with Gasteiger partial charge in [-0.15, -0.1) is 0 Å². The molecular formula is C14H20O5. The van der Waals surface area contributed by atoms with E-state index in [2.05, 4.69) is 0 Å². The largest absolute Gasteiger partial charge is 0.471 e. The third-order valence-electron chi connectivity index (χ3n) is 2.56. The zero-order chi connectivity index (χ0) is 14.1. The molecule has 0 unspecified atom stereocenters. The number of ether oxygens (including phenoxy) is 2. The molecule has 0 radical (unpaired) electrons. The normalized spacial score (nSPS) is 10.2. The summed E-state index contributed by atoms with van der Waals surface area (Å²) in [6.45, 7) is 4.68. The van der Waals surface area contributed by atoms with E-state index in [9.17, 15) is 9.59 Å². The van der Waals surface area contributed by atoms with E-state index in [1.807, 2.05) is 13.8 Å². The fraction of sp³-hybridized carbons (Fsp3) is 0.571. The molecule has 0 atom stereocenters. The Morgan fingerprint density at radius 3 is 1.74 bits per heavy atom. The van der Waals surface area contributed by atoms with Crippen LogP contribution in [-0.2, 0) is 9.47 Å². The number of carbonyl (C=O) groups excluding carboxylic acids is 2. The van der Waals surface area contributed by atoms with E-state index in [1.165, 1.54) is 12.5 Å². The predicted octanol–water partition coefficient (Wildman–Crippen LogP) is 3.19. The van der Waals surface area contributed by atoms with Crippen molar-refractivity contribution in [3.8, 4) is 0 Å². The second kappa shape index (κ2) is 8.34. The Morgan fingerprint density at radius 2 is 1.37 bits per heavy atom. The molecule has 0 saturated heterocycles. The molecule has 0 fully saturated rings. The molecule has 1 aromatic rings. The Hall–Kier alpha value is -1.78. The molecule has 5 heteroatoms. The zero-order valence-corrected chi connectivity index (χ0v) is 11.4. The second-order valence-corrected chi connectivity index (χ2v) is 4.18. The Balaban J connectivity index is 2.58. The molecular weight excluding hydrogens is 248 g/mol. The second-order valence-electron chi connectivity index (χ2n) is 4.18. The van der Waals surface area contributed by atoms with Crippen LogP contribution in [0.5, 0.6) is 0 Å². The molecule has 0 aromatic carbocycles. The SMILES string of the molecule is CCCCOC(=O)c1cocc1C(=O)OCCCC. The van der Waals surface area contributed by atoms with Crippen molar-refractivity contribution in [1.82, 2.24) is 0 Å². The summed E-state index contributed by atoms with van der Waals surface area (Å²) in [6.07, 6.45) is 5.88. The van der Waals surface area contributed by atoms with Gasteiger partial charge in [0.05, 0.1) is 13.2 Å². The average Bonchev–Trinajstić information content (AvgIpc) is 2.88. The van der Waals surface area contributed by atoms with Crippen LogP contribution in [0.15, 0.2) is 16.9 Å². The van der Waals surface area contributed by atoms with Crippen LogP contribution < -0.4 is 0 Å². The van der Waals surface area contributed by atoms with Crippen molar-refractivity contribution in [2.24, 2.45) is 0 Å². The maximum absolute atomic E-state index is 11.7. The summed E-state index contributed by atoms with van der Waals surface area (Å²) in [6, 6.07) is 0. The van der Waals surface area contributed by atoms with Crippen molar-refractivity contribution in [2.75, 3.05) is 13.2 Å². The minimum absolute atomic E-state index is 0.123. The summed E-state index contributed by atoms with van der Waals surface area (Å²) < 4.78 is 15.0. The number of carbonyl (C=O) groups is 2. The molecule has 5 nitrogen and oxygen atoms in total. The van der Waals surface area contributed by atoms with E-state index in [4.69, 9.17) is 13.9 Å². The van der Waals surface area contributed by atoms with Crippen molar-refractivity contribution >= 4 is 11.9 Å². The smallest absolute Gasteiger partial charge is 0.342 e. The first-order valence-electron chi connectivity index (χ1n) is 6.61. The van der Waals surface area contributed by atoms with Crippen molar-refractivity contribution in [2.45, 2.75) is 39.5 Å². The van der Waals surface area contributed by atoms with Gasteiger partial charge in [0.25, 0.3) is 0 Å². The topological polar surface area (TPSA) is 65.7 Å². The first-order valence-corrected chi connectivity index (χ1v) is 6.61. The maximum Gasteiger partial charge on any atom is 0.342 e. The summed E-state index contributed by atoms with van der Waals surface area (Å²) in [5.74, 6) is -1.10. The Labute approximate surface area is 112 Å². The summed E-state index contributed by atoms with van der Waals surface area (Å²) in [4.78, 5) is 23.5. The third-order valence-corrected chi connectivity index (χ3v) is 2.56. The highest BCUT2D eigenvalue weighted by Gasteiger charge is 2.21. The van der Waals surface area contributed by atoms with E-state index in [0.717, 1.165) is 25.7 Å². The summed E-state index contributed by atoms with van der Waals surface area (Å²) in [5.41, 5.74) is 0.246. The fourth-order valence-corrected chi connectivity index (χ4v) is 1.39. The molecule has 1 heterocycles. The van der Waals surface area contributed by atoms with Crippen LogP contribution in [0.4, 0.5) is 0 Å². The van der Waals surface area contributed by atoms with Crippen LogP contribution >= 0.6 is 0 Å². The molecule has 1 aromatic heterocycles. The monoisotopic (exact) mass is 268 g/mol. The molecule has 0 bridgehead atoms. The van der Waals surface area contributed by atoms with Gasteiger partial charge in [0.15, 0.2) is 0 Å². The van der Waals surface area contributed by atoms with E-state index in [0.29, 0.717) is 13.2 Å². The van der Waals surface area contributed by atoms with Crippen LogP contribution in [0.3, 0.4) is 0 Å². The van der Waals surface area contributed by atoms with E-state index >= 15 is 0 Å². The van der Waals surface area contributed by atoms with E-state index < -0.39 is 11.9 Å². The average molecular weight is 268 g/mol. The summed E-state index contributed by atoms with van der Waals surface area (Å²) in [7, 11) is 0. The van der Waals surface area contributed by atoms with Crippen LogP contribution in [0, 0.1) is 0 Å². The lowest BCUT2D eigenvalue weighted by atomic mass is 10.2. The molecule has 0 aliphatic heterocycles. The van der Waals surface area contributed by atoms with Gasteiger partial charge in [-0.25, -0.2) is 9.59 Å². The van der Waals surface area contributed by atoms with Gasteiger partial charge in [0.2, 0.25) is 0 Å². The number of unbranched alkanes of at least 4 members (excludes halogenated alkanes) is 2. The van der Waals surface area contributed by atoms with Crippen LogP contribution in [-0.4, -0.2) is 25.2 Å². The molecule has 0 amide bonds. The van der Waals surface area contributed by atoms with Gasteiger partial charge in [-0.1, -0.05) is 26.7 Å². The van der Waals surface area contributed by atoms with Crippen molar-refractivity contribution in [3.63, 3.8) is 0 Å². The lowest BCUT2D eigenvalue weighted by Gasteiger charge is -2.05. The first-order chi connectivity index (χ1) is 9.20. The highest BCUT2D eigenvalue weighted by molar-refractivity contribution is 6.02. The van der Waals surface area contributed by atoms with Crippen molar-refractivity contribution in [3.05, 3.63) is 23.7 Å². The molecule has 0 saturated carbocycles. The number of esters is 2. The number of furan rings is 1. The van der Waals surface area contributed by atoms with Gasteiger partial charge in [0.1, 0.15) is 23.7 Å². The van der Waals surface area contributed by atoms with E-state index in [1.54, 1.807) is 0 Å². The highest BCUT2D eigenvalue weighted by atomic mass is 16.5. The molecule has 106 valence electrons. The number of rotatable bonds is 8. The molecule has 0 aliphatic carbocycles.